The zero-order chi connectivity index (χ0) is 23.6. The van der Waals surface area contributed by atoms with E-state index in [9.17, 15) is 22.0 Å². The predicted octanol–water partition coefficient (Wildman–Crippen LogP) is 3.38. The molecule has 0 radical (unpaired) electrons. The maximum atomic E-state index is 13.4. The molecule has 1 aromatic carbocycles. The summed E-state index contributed by atoms with van der Waals surface area (Å²) < 4.78 is 72.9. The molecular formula is C19H12F5N7O2. The molecule has 2 N–H and O–H groups in total. The highest BCUT2D eigenvalue weighted by Gasteiger charge is 2.28. The zero-order valence-corrected chi connectivity index (χ0v) is 16.3. The number of anilines is 1. The first kappa shape index (κ1) is 22.0. The van der Waals surface area contributed by atoms with Crippen LogP contribution >= 0.6 is 0 Å². The van der Waals surface area contributed by atoms with Gasteiger partial charge < -0.3 is 15.0 Å². The Labute approximate surface area is 181 Å². The summed E-state index contributed by atoms with van der Waals surface area (Å²) in [5.74, 6) is -2.33. The van der Waals surface area contributed by atoms with Gasteiger partial charge in [-0.05, 0) is 23.8 Å². The summed E-state index contributed by atoms with van der Waals surface area (Å²) in [6, 6.07) is 5.96. The lowest BCUT2D eigenvalue weighted by atomic mass is 10.1. The number of nitrogens with zero attached hydrogens (tertiary/aromatic N) is 6. The minimum Gasteiger partial charge on any atom is -0.468 e. The van der Waals surface area contributed by atoms with Gasteiger partial charge in [0, 0.05) is 18.7 Å². The average molecular weight is 465 g/mol. The third-order valence-electron chi connectivity index (χ3n) is 4.04. The minimum atomic E-state index is -4.49. The van der Waals surface area contributed by atoms with Crippen molar-refractivity contribution in [2.24, 2.45) is 0 Å². The van der Waals surface area contributed by atoms with Gasteiger partial charge in [0.2, 0.25) is 23.5 Å². The number of alkyl halides is 3. The summed E-state index contributed by atoms with van der Waals surface area (Å²) in [4.78, 5) is 20.0. The Bertz CT molecular complexity index is 1280. The highest BCUT2D eigenvalue weighted by Crippen LogP contribution is 2.23. The van der Waals surface area contributed by atoms with Crippen LogP contribution in [0.5, 0.6) is 5.88 Å². The maximum Gasteiger partial charge on any atom is 0.422 e. The molecule has 0 saturated heterocycles. The molecular weight excluding hydrogens is 453 g/mol. The second-order valence-corrected chi connectivity index (χ2v) is 6.57. The summed E-state index contributed by atoms with van der Waals surface area (Å²) in [7, 11) is 0. The molecule has 14 heteroatoms. The molecule has 170 valence electrons. The van der Waals surface area contributed by atoms with Gasteiger partial charge in [0.25, 0.3) is 5.89 Å². The normalized spacial score (nSPS) is 11.5. The van der Waals surface area contributed by atoms with Gasteiger partial charge in [-0.25, -0.2) is 18.7 Å². The lowest BCUT2D eigenvalue weighted by Crippen LogP contribution is -2.19. The number of hydrogen-bond acceptors (Lipinski definition) is 9. The fourth-order valence-electron chi connectivity index (χ4n) is 2.63. The standard InChI is InChI=1S/C19H12F5N7O2/c20-11-3-1-9(5-12(11)21)6-13-27-15(30-18(25)28-13)16-29-17(33-31-16)10-2-4-14(26-7-10)32-8-19(22,23)24/h1-5,7H,6,8H2,(H2,25,27,28,30). The van der Waals surface area contributed by atoms with Crippen molar-refractivity contribution in [1.29, 1.82) is 0 Å². The van der Waals surface area contributed by atoms with Gasteiger partial charge >= 0.3 is 6.18 Å². The molecule has 0 bridgehead atoms. The summed E-state index contributed by atoms with van der Waals surface area (Å²) in [6.07, 6.45) is -3.26. The van der Waals surface area contributed by atoms with Gasteiger partial charge in [-0.1, -0.05) is 11.2 Å². The van der Waals surface area contributed by atoms with Gasteiger partial charge in [0.15, 0.2) is 18.2 Å². The number of aromatic nitrogens is 6. The SMILES string of the molecule is Nc1nc(Cc2ccc(F)c(F)c2)nc(-c2noc(-c3ccc(OCC(F)(F)F)nc3)n2)n1. The first-order valence-electron chi connectivity index (χ1n) is 9.11. The first-order valence-corrected chi connectivity index (χ1v) is 9.11. The third kappa shape index (κ3) is 5.53. The lowest BCUT2D eigenvalue weighted by Gasteiger charge is -2.07. The van der Waals surface area contributed by atoms with Gasteiger partial charge in [-0.3, -0.25) is 0 Å². The highest BCUT2D eigenvalue weighted by atomic mass is 19.4. The van der Waals surface area contributed by atoms with E-state index < -0.39 is 24.4 Å². The zero-order valence-electron chi connectivity index (χ0n) is 16.3. The molecule has 0 aliphatic rings. The van der Waals surface area contributed by atoms with Crippen LogP contribution in [0.25, 0.3) is 23.1 Å². The summed E-state index contributed by atoms with van der Waals surface area (Å²) in [5, 5.41) is 3.76. The van der Waals surface area contributed by atoms with E-state index in [-0.39, 0.29) is 41.6 Å². The van der Waals surface area contributed by atoms with Crippen LogP contribution in [-0.4, -0.2) is 42.9 Å². The summed E-state index contributed by atoms with van der Waals surface area (Å²) in [5.41, 5.74) is 6.42. The van der Waals surface area contributed by atoms with E-state index in [0.29, 0.717) is 11.1 Å². The minimum absolute atomic E-state index is 0.0130. The molecule has 0 amide bonds. The van der Waals surface area contributed by atoms with Crippen molar-refractivity contribution in [2.45, 2.75) is 12.6 Å². The fourth-order valence-corrected chi connectivity index (χ4v) is 2.63. The predicted molar refractivity (Wildman–Crippen MR) is 101 cm³/mol. The van der Waals surface area contributed by atoms with E-state index in [0.717, 1.165) is 12.1 Å². The van der Waals surface area contributed by atoms with Crippen molar-refractivity contribution in [1.82, 2.24) is 30.1 Å². The molecule has 0 saturated carbocycles. The second-order valence-electron chi connectivity index (χ2n) is 6.57. The van der Waals surface area contributed by atoms with Crippen molar-refractivity contribution < 1.29 is 31.2 Å². The molecule has 0 unspecified atom stereocenters. The van der Waals surface area contributed by atoms with E-state index in [1.165, 1.54) is 24.4 Å². The Kier molecular flexibility index (Phi) is 5.81. The summed E-state index contributed by atoms with van der Waals surface area (Å²) in [6.45, 7) is -1.47. The van der Waals surface area contributed by atoms with E-state index in [2.05, 4.69) is 34.8 Å². The Morgan fingerprint density at radius 3 is 2.45 bits per heavy atom. The van der Waals surface area contributed by atoms with E-state index in [1.54, 1.807) is 0 Å². The summed E-state index contributed by atoms with van der Waals surface area (Å²) >= 11 is 0. The second kappa shape index (κ2) is 8.72. The van der Waals surface area contributed by atoms with Gasteiger partial charge in [0.05, 0.1) is 5.56 Å². The largest absolute Gasteiger partial charge is 0.468 e. The van der Waals surface area contributed by atoms with E-state index in [4.69, 9.17) is 10.3 Å². The molecule has 0 spiro atoms. The Morgan fingerprint density at radius 1 is 0.939 bits per heavy atom. The number of benzene rings is 1. The van der Waals surface area contributed by atoms with Crippen molar-refractivity contribution >= 4 is 5.95 Å². The van der Waals surface area contributed by atoms with Crippen LogP contribution in [0, 0.1) is 11.6 Å². The van der Waals surface area contributed by atoms with Crippen molar-refractivity contribution in [3.8, 4) is 29.0 Å². The number of nitrogen functional groups attached to an aromatic ring is 1. The molecule has 0 aliphatic heterocycles. The van der Waals surface area contributed by atoms with Crippen LogP contribution in [0.3, 0.4) is 0 Å². The number of ether oxygens (including phenoxy) is 1. The lowest BCUT2D eigenvalue weighted by molar-refractivity contribution is -0.154. The number of halogens is 5. The van der Waals surface area contributed by atoms with Gasteiger partial charge in [-0.2, -0.15) is 28.1 Å². The quantitative estimate of drug-likeness (QED) is 0.427. The maximum absolute atomic E-state index is 13.4. The van der Waals surface area contributed by atoms with Crippen LogP contribution in [-0.2, 0) is 6.42 Å². The molecule has 0 aliphatic carbocycles. The van der Waals surface area contributed by atoms with Gasteiger partial charge in [-0.15, -0.1) is 0 Å². The molecule has 33 heavy (non-hydrogen) atoms. The van der Waals surface area contributed by atoms with Crippen LogP contribution in [0.4, 0.5) is 27.9 Å². The average Bonchev–Trinajstić information content (AvgIpc) is 3.25. The molecule has 3 heterocycles. The van der Waals surface area contributed by atoms with Crippen molar-refractivity contribution in [3.05, 3.63) is 59.6 Å². The molecule has 9 nitrogen and oxygen atoms in total. The van der Waals surface area contributed by atoms with Crippen LogP contribution in [0.15, 0.2) is 41.1 Å². The Hall–Kier alpha value is -4.23. The number of nitrogens with two attached hydrogens (primary N) is 1. The molecule has 0 fully saturated rings. The Balaban J connectivity index is 1.52. The monoisotopic (exact) mass is 465 g/mol. The van der Waals surface area contributed by atoms with Crippen LogP contribution in [0.2, 0.25) is 0 Å². The molecule has 3 aromatic heterocycles. The Morgan fingerprint density at radius 2 is 1.76 bits per heavy atom. The number of pyridine rings is 1. The van der Waals surface area contributed by atoms with Gasteiger partial charge in [0.1, 0.15) is 5.82 Å². The van der Waals surface area contributed by atoms with E-state index >= 15 is 0 Å². The van der Waals surface area contributed by atoms with Crippen molar-refractivity contribution in [2.75, 3.05) is 12.3 Å². The van der Waals surface area contributed by atoms with Crippen molar-refractivity contribution in [3.63, 3.8) is 0 Å². The molecule has 0 atom stereocenters. The third-order valence-corrected chi connectivity index (χ3v) is 4.04. The topological polar surface area (TPSA) is 126 Å². The number of hydrogen-bond donors (Lipinski definition) is 1. The van der Waals surface area contributed by atoms with Crippen LogP contribution in [0.1, 0.15) is 11.4 Å². The molecule has 4 rings (SSSR count). The van der Waals surface area contributed by atoms with Crippen LogP contribution < -0.4 is 10.5 Å². The fraction of sp³-hybridized carbons (Fsp3) is 0.158. The molecule has 4 aromatic rings. The van der Waals surface area contributed by atoms with E-state index in [1.807, 2.05) is 0 Å². The smallest absolute Gasteiger partial charge is 0.422 e. The first-order chi connectivity index (χ1) is 15.7. The number of rotatable bonds is 6. The highest BCUT2D eigenvalue weighted by molar-refractivity contribution is 5.55.